The maximum Gasteiger partial charge on any atom is 0.0991 e. The average molecular weight is 312 g/mol. The summed E-state index contributed by atoms with van der Waals surface area (Å²) in [6, 6.07) is 10.5. The smallest absolute Gasteiger partial charge is 0.0991 e. The van der Waals surface area contributed by atoms with Crippen molar-refractivity contribution in [2.24, 2.45) is 11.8 Å². The van der Waals surface area contributed by atoms with Crippen LogP contribution in [0.2, 0.25) is 0 Å². The Labute approximate surface area is 143 Å². The molecule has 3 unspecified atom stereocenters. The zero-order valence-corrected chi connectivity index (χ0v) is 15.1. The van der Waals surface area contributed by atoms with Gasteiger partial charge in [-0.3, -0.25) is 0 Å². The molecule has 2 rings (SSSR count). The van der Waals surface area contributed by atoms with Crippen molar-refractivity contribution >= 4 is 0 Å². The van der Waals surface area contributed by atoms with E-state index in [0.717, 1.165) is 17.4 Å². The second-order valence-electron chi connectivity index (χ2n) is 7.55. The molecule has 0 amide bonds. The molecule has 1 saturated carbocycles. The zero-order valence-electron chi connectivity index (χ0n) is 15.1. The number of nitriles is 1. The lowest BCUT2D eigenvalue weighted by atomic mass is 9.71. The van der Waals surface area contributed by atoms with Gasteiger partial charge < -0.3 is 0 Å². The van der Waals surface area contributed by atoms with Crippen LogP contribution in [0.25, 0.3) is 0 Å². The van der Waals surface area contributed by atoms with Crippen molar-refractivity contribution in [1.82, 2.24) is 0 Å². The highest BCUT2D eigenvalue weighted by Gasteiger charge is 2.28. The summed E-state index contributed by atoms with van der Waals surface area (Å²) in [5.41, 5.74) is 2.22. The van der Waals surface area contributed by atoms with Crippen molar-refractivity contribution < 1.29 is 0 Å². The van der Waals surface area contributed by atoms with Crippen LogP contribution in [0.1, 0.15) is 95.1 Å². The minimum atomic E-state index is 0.698. The highest BCUT2D eigenvalue weighted by Crippen LogP contribution is 2.41. The molecule has 1 aromatic rings. The van der Waals surface area contributed by atoms with Crippen LogP contribution < -0.4 is 0 Å². The zero-order chi connectivity index (χ0) is 16.5. The third-order valence-corrected chi connectivity index (χ3v) is 5.71. The first-order chi connectivity index (χ1) is 11.2. The van der Waals surface area contributed by atoms with Crippen molar-refractivity contribution in [2.45, 2.75) is 84.0 Å². The highest BCUT2D eigenvalue weighted by molar-refractivity contribution is 5.33. The highest BCUT2D eigenvalue weighted by atomic mass is 14.3. The Bertz CT molecular complexity index is 482. The molecule has 1 aliphatic carbocycles. The fourth-order valence-corrected chi connectivity index (χ4v) is 4.28. The molecule has 0 bridgehead atoms. The first-order valence-corrected chi connectivity index (χ1v) is 9.74. The van der Waals surface area contributed by atoms with E-state index in [2.05, 4.69) is 32.0 Å². The molecule has 0 N–H and O–H groups in total. The summed E-state index contributed by atoms with van der Waals surface area (Å²) >= 11 is 0. The number of hydrogen-bond acceptors (Lipinski definition) is 1. The average Bonchev–Trinajstić information content (AvgIpc) is 2.58. The van der Waals surface area contributed by atoms with Crippen molar-refractivity contribution in [3.05, 3.63) is 35.4 Å². The van der Waals surface area contributed by atoms with E-state index in [0.29, 0.717) is 5.92 Å². The molecule has 1 aliphatic rings. The molecule has 126 valence electrons. The minimum Gasteiger partial charge on any atom is -0.192 e. The molecule has 0 radical (unpaired) electrons. The Morgan fingerprint density at radius 1 is 1.00 bits per heavy atom. The van der Waals surface area contributed by atoms with Gasteiger partial charge in [-0.05, 0) is 54.7 Å². The standard InChI is InChI=1S/C22H33N/c1-3-4-5-6-7-8-9-19-12-15-22(18(2)16-19)21-13-10-20(17-23)11-14-21/h10-11,13-14,18-19,22H,3-9,12,15-16H2,1-2H3. The molecule has 0 aliphatic heterocycles. The van der Waals surface area contributed by atoms with E-state index in [4.69, 9.17) is 5.26 Å². The summed E-state index contributed by atoms with van der Waals surface area (Å²) in [7, 11) is 0. The van der Waals surface area contributed by atoms with E-state index in [1.54, 1.807) is 0 Å². The molecule has 1 aromatic carbocycles. The van der Waals surface area contributed by atoms with Crippen LogP contribution in [0.3, 0.4) is 0 Å². The van der Waals surface area contributed by atoms with Crippen LogP contribution in [0.4, 0.5) is 0 Å². The van der Waals surface area contributed by atoms with Crippen LogP contribution in [-0.4, -0.2) is 0 Å². The monoisotopic (exact) mass is 311 g/mol. The molecule has 0 aromatic heterocycles. The molecule has 0 heterocycles. The van der Waals surface area contributed by atoms with Crippen LogP contribution in [0, 0.1) is 23.2 Å². The molecule has 1 fully saturated rings. The number of nitrogens with zero attached hydrogens (tertiary/aromatic N) is 1. The van der Waals surface area contributed by atoms with Crippen molar-refractivity contribution in [3.8, 4) is 6.07 Å². The fourth-order valence-electron chi connectivity index (χ4n) is 4.28. The van der Waals surface area contributed by atoms with Gasteiger partial charge in [0.2, 0.25) is 0 Å². The summed E-state index contributed by atoms with van der Waals surface area (Å²) in [6.07, 6.45) is 14.0. The number of unbranched alkanes of at least 4 members (excludes halogenated alkanes) is 5. The van der Waals surface area contributed by atoms with Gasteiger partial charge in [0, 0.05) is 0 Å². The minimum absolute atomic E-state index is 0.698. The molecular weight excluding hydrogens is 278 g/mol. The SMILES string of the molecule is CCCCCCCCC1CCC(c2ccc(C#N)cc2)C(C)C1. The van der Waals surface area contributed by atoms with Crippen molar-refractivity contribution in [1.29, 1.82) is 5.26 Å². The van der Waals surface area contributed by atoms with E-state index in [1.807, 2.05) is 12.1 Å². The Balaban J connectivity index is 1.73. The van der Waals surface area contributed by atoms with E-state index >= 15 is 0 Å². The van der Waals surface area contributed by atoms with Crippen molar-refractivity contribution in [3.63, 3.8) is 0 Å². The normalized spacial score (nSPS) is 24.3. The van der Waals surface area contributed by atoms with Gasteiger partial charge in [-0.1, -0.05) is 70.9 Å². The Morgan fingerprint density at radius 3 is 2.35 bits per heavy atom. The van der Waals surface area contributed by atoms with Crippen LogP contribution >= 0.6 is 0 Å². The molecule has 0 spiro atoms. The van der Waals surface area contributed by atoms with Crippen LogP contribution in [0.5, 0.6) is 0 Å². The Kier molecular flexibility index (Phi) is 7.66. The van der Waals surface area contributed by atoms with Crippen molar-refractivity contribution in [2.75, 3.05) is 0 Å². The first kappa shape index (κ1) is 18.1. The van der Waals surface area contributed by atoms with Gasteiger partial charge in [0.1, 0.15) is 0 Å². The Hall–Kier alpha value is -1.29. The largest absolute Gasteiger partial charge is 0.192 e. The molecule has 1 heteroatoms. The topological polar surface area (TPSA) is 23.8 Å². The fraction of sp³-hybridized carbons (Fsp3) is 0.682. The first-order valence-electron chi connectivity index (χ1n) is 9.74. The lowest BCUT2D eigenvalue weighted by Gasteiger charge is -2.34. The Morgan fingerprint density at radius 2 is 1.70 bits per heavy atom. The van der Waals surface area contributed by atoms with Gasteiger partial charge in [-0.15, -0.1) is 0 Å². The second kappa shape index (κ2) is 9.76. The van der Waals surface area contributed by atoms with E-state index in [-0.39, 0.29) is 0 Å². The van der Waals surface area contributed by atoms with E-state index in [9.17, 15) is 0 Å². The summed E-state index contributed by atoms with van der Waals surface area (Å²) in [5.74, 6) is 2.43. The summed E-state index contributed by atoms with van der Waals surface area (Å²) in [6.45, 7) is 4.71. The van der Waals surface area contributed by atoms with Gasteiger partial charge in [0.15, 0.2) is 0 Å². The van der Waals surface area contributed by atoms with E-state index in [1.165, 1.54) is 69.8 Å². The number of rotatable bonds is 8. The van der Waals surface area contributed by atoms with Gasteiger partial charge in [0.25, 0.3) is 0 Å². The summed E-state index contributed by atoms with van der Waals surface area (Å²) in [5, 5.41) is 8.93. The molecule has 1 nitrogen and oxygen atoms in total. The lowest BCUT2D eigenvalue weighted by Crippen LogP contribution is -2.21. The van der Waals surface area contributed by atoms with Gasteiger partial charge >= 0.3 is 0 Å². The third kappa shape index (κ3) is 5.69. The van der Waals surface area contributed by atoms with Gasteiger partial charge in [-0.25, -0.2) is 0 Å². The number of benzene rings is 1. The number of hydrogen-bond donors (Lipinski definition) is 0. The summed E-state index contributed by atoms with van der Waals surface area (Å²) in [4.78, 5) is 0. The predicted molar refractivity (Wildman–Crippen MR) is 98.4 cm³/mol. The molecule has 0 saturated heterocycles. The van der Waals surface area contributed by atoms with Gasteiger partial charge in [0.05, 0.1) is 11.6 Å². The maximum absolute atomic E-state index is 8.93. The van der Waals surface area contributed by atoms with Crippen LogP contribution in [-0.2, 0) is 0 Å². The quantitative estimate of drug-likeness (QED) is 0.483. The second-order valence-corrected chi connectivity index (χ2v) is 7.55. The third-order valence-electron chi connectivity index (χ3n) is 5.71. The predicted octanol–water partition coefficient (Wildman–Crippen LogP) is 6.83. The lowest BCUT2D eigenvalue weighted by molar-refractivity contribution is 0.232. The molecule has 23 heavy (non-hydrogen) atoms. The van der Waals surface area contributed by atoms with E-state index < -0.39 is 0 Å². The maximum atomic E-state index is 8.93. The van der Waals surface area contributed by atoms with Gasteiger partial charge in [-0.2, -0.15) is 5.26 Å². The molecular formula is C22H33N. The summed E-state index contributed by atoms with van der Waals surface area (Å²) < 4.78 is 0. The van der Waals surface area contributed by atoms with Crippen LogP contribution in [0.15, 0.2) is 24.3 Å². The molecule has 3 atom stereocenters.